The number of ether oxygens (including phenoxy) is 2. The molecule has 0 aromatic heterocycles. The first-order chi connectivity index (χ1) is 22.1. The summed E-state index contributed by atoms with van der Waals surface area (Å²) < 4.78 is 24.1. The molecule has 0 saturated carbocycles. The number of hydrogen-bond donors (Lipinski definition) is 1. The number of carbonyl (C=O) groups is 3. The molecule has 1 unspecified atom stereocenters. The molecule has 11 heteroatoms. The van der Waals surface area contributed by atoms with Crippen LogP contribution in [0.25, 0.3) is 0 Å². The Morgan fingerprint density at radius 2 is 1.47 bits per heavy atom. The fraction of sp³-hybridized carbons (Fsp3) is 0.583. The highest BCUT2D eigenvalue weighted by atomic mass is 16.7. The van der Waals surface area contributed by atoms with Gasteiger partial charge in [0.05, 0.1) is 36.8 Å². The van der Waals surface area contributed by atoms with E-state index in [-0.39, 0.29) is 18.9 Å². The number of rotatable bonds is 12. The average Bonchev–Trinajstić information content (AvgIpc) is 3.24. The van der Waals surface area contributed by atoms with Gasteiger partial charge in [-0.15, -0.1) is 0 Å². The van der Waals surface area contributed by atoms with Crippen molar-refractivity contribution in [3.63, 3.8) is 0 Å². The maximum Gasteiger partial charge on any atom is 0.481 e. The minimum absolute atomic E-state index is 0.0827. The molecule has 2 heterocycles. The van der Waals surface area contributed by atoms with E-state index in [1.165, 1.54) is 10.5 Å². The summed E-state index contributed by atoms with van der Waals surface area (Å²) in [6.07, 6.45) is 1.25. The summed E-state index contributed by atoms with van der Waals surface area (Å²) in [5.74, 6) is -1.23. The number of benzene rings is 2. The minimum Gasteiger partial charge on any atom is -0.444 e. The maximum absolute atomic E-state index is 14.5. The highest BCUT2D eigenvalue weighted by molar-refractivity contribution is 6.48. The molecular weight excluding hydrogens is 597 g/mol. The van der Waals surface area contributed by atoms with Gasteiger partial charge in [-0.25, -0.2) is 4.79 Å². The van der Waals surface area contributed by atoms with Gasteiger partial charge in [0.15, 0.2) is 0 Å². The first kappa shape index (κ1) is 36.4. The molecular formula is C36H52BN3O7. The molecule has 256 valence electrons. The molecule has 0 radical (unpaired) electrons. The normalized spacial score (nSPS) is 18.7. The van der Waals surface area contributed by atoms with Gasteiger partial charge in [-0.1, -0.05) is 60.7 Å². The Bertz CT molecular complexity index is 1310. The van der Waals surface area contributed by atoms with Crippen LogP contribution in [-0.4, -0.2) is 89.9 Å². The van der Waals surface area contributed by atoms with E-state index in [1.807, 2.05) is 76.2 Å². The van der Waals surface area contributed by atoms with E-state index in [2.05, 4.69) is 17.4 Å². The van der Waals surface area contributed by atoms with E-state index in [0.29, 0.717) is 32.7 Å². The monoisotopic (exact) mass is 649 g/mol. The Hall–Kier alpha value is -3.41. The van der Waals surface area contributed by atoms with Crippen molar-refractivity contribution >= 4 is 25.0 Å². The van der Waals surface area contributed by atoms with Gasteiger partial charge >= 0.3 is 13.2 Å². The summed E-state index contributed by atoms with van der Waals surface area (Å²) in [7, 11) is -0.723. The molecule has 2 aromatic rings. The standard InChI is InChI=1S/C36H52BN3O7/c1-34(2,3)45-33(43)40(26-28-17-12-9-13-18-28)29(25-31(41)39-21-23-44-24-22-39)32(42)38-30(20-14-19-27-15-10-8-11-16-27)37-46-35(4,5)36(6,7)47-37/h8-13,15-18,29-30H,14,19-26H2,1-7H3,(H,38,42)/t29?,30-/m0/s1. The van der Waals surface area contributed by atoms with Crippen molar-refractivity contribution in [3.05, 3.63) is 71.8 Å². The smallest absolute Gasteiger partial charge is 0.444 e. The fourth-order valence-corrected chi connectivity index (χ4v) is 5.63. The zero-order valence-corrected chi connectivity index (χ0v) is 29.1. The highest BCUT2D eigenvalue weighted by Crippen LogP contribution is 2.38. The first-order valence-electron chi connectivity index (χ1n) is 16.7. The number of nitrogens with one attached hydrogen (secondary N) is 1. The Morgan fingerprint density at radius 3 is 2.02 bits per heavy atom. The average molecular weight is 650 g/mol. The van der Waals surface area contributed by atoms with Crippen molar-refractivity contribution in [2.24, 2.45) is 0 Å². The number of amides is 3. The molecule has 2 atom stereocenters. The number of nitrogens with zero attached hydrogens (tertiary/aromatic N) is 2. The van der Waals surface area contributed by atoms with Crippen LogP contribution in [0.1, 0.15) is 78.9 Å². The van der Waals surface area contributed by atoms with Crippen LogP contribution in [0.15, 0.2) is 60.7 Å². The van der Waals surface area contributed by atoms with Crippen molar-refractivity contribution in [1.82, 2.24) is 15.1 Å². The van der Waals surface area contributed by atoms with Crippen LogP contribution in [0.2, 0.25) is 0 Å². The second kappa shape index (κ2) is 15.7. The van der Waals surface area contributed by atoms with Gasteiger partial charge in [-0.05, 0) is 78.9 Å². The van der Waals surface area contributed by atoms with Crippen LogP contribution >= 0.6 is 0 Å². The zero-order valence-electron chi connectivity index (χ0n) is 29.1. The van der Waals surface area contributed by atoms with Gasteiger partial charge in [0, 0.05) is 19.6 Å². The minimum atomic E-state index is -1.15. The predicted octanol–water partition coefficient (Wildman–Crippen LogP) is 5.18. The molecule has 2 fully saturated rings. The number of hydrogen-bond acceptors (Lipinski definition) is 7. The van der Waals surface area contributed by atoms with Gasteiger partial charge < -0.3 is 29.0 Å². The molecule has 47 heavy (non-hydrogen) atoms. The summed E-state index contributed by atoms with van der Waals surface area (Å²) in [5, 5.41) is 3.18. The van der Waals surface area contributed by atoms with Crippen molar-refractivity contribution < 1.29 is 33.2 Å². The zero-order chi connectivity index (χ0) is 34.2. The van der Waals surface area contributed by atoms with Crippen LogP contribution in [0, 0.1) is 0 Å². The molecule has 2 aliphatic heterocycles. The molecule has 0 bridgehead atoms. The van der Waals surface area contributed by atoms with Crippen LogP contribution in [0.5, 0.6) is 0 Å². The van der Waals surface area contributed by atoms with Gasteiger partial charge in [0.1, 0.15) is 11.6 Å². The van der Waals surface area contributed by atoms with Crippen LogP contribution in [-0.2, 0) is 41.3 Å². The molecule has 0 aliphatic carbocycles. The molecule has 0 spiro atoms. The summed E-state index contributed by atoms with van der Waals surface area (Å²) in [6, 6.07) is 18.4. The number of carbonyl (C=O) groups excluding carboxylic acids is 3. The van der Waals surface area contributed by atoms with Crippen molar-refractivity contribution in [2.45, 2.75) is 109 Å². The van der Waals surface area contributed by atoms with Crippen LogP contribution in [0.3, 0.4) is 0 Å². The van der Waals surface area contributed by atoms with Gasteiger partial charge in [-0.3, -0.25) is 14.5 Å². The van der Waals surface area contributed by atoms with E-state index in [0.717, 1.165) is 18.4 Å². The molecule has 1 N–H and O–H groups in total. The lowest BCUT2D eigenvalue weighted by Crippen LogP contribution is -2.57. The SMILES string of the molecule is CC(C)(C)OC(=O)N(Cc1ccccc1)C(CC(=O)N1CCOCC1)C(=O)N[C@@H](CCCc1ccccc1)B1OC(C)(C)C(C)(C)O1. The van der Waals surface area contributed by atoms with E-state index in [9.17, 15) is 14.4 Å². The molecule has 2 aromatic carbocycles. The Kier molecular flexibility index (Phi) is 12.1. The number of aryl methyl sites for hydroxylation is 1. The quantitative estimate of drug-likeness (QED) is 0.316. The largest absolute Gasteiger partial charge is 0.481 e. The van der Waals surface area contributed by atoms with Gasteiger partial charge in [0.25, 0.3) is 0 Å². The van der Waals surface area contributed by atoms with E-state index in [4.69, 9.17) is 18.8 Å². The first-order valence-corrected chi connectivity index (χ1v) is 16.7. The molecule has 10 nitrogen and oxygen atoms in total. The summed E-state index contributed by atoms with van der Waals surface area (Å²) in [5.41, 5.74) is -0.0347. The fourth-order valence-electron chi connectivity index (χ4n) is 5.63. The Labute approximate surface area is 280 Å². The topological polar surface area (TPSA) is 107 Å². The Morgan fingerprint density at radius 1 is 0.915 bits per heavy atom. The van der Waals surface area contributed by atoms with Crippen molar-refractivity contribution in [1.29, 1.82) is 0 Å². The molecule has 2 saturated heterocycles. The lowest BCUT2D eigenvalue weighted by Gasteiger charge is -2.35. The van der Waals surface area contributed by atoms with Crippen LogP contribution in [0.4, 0.5) is 4.79 Å². The summed E-state index contributed by atoms with van der Waals surface area (Å²) >= 11 is 0. The molecule has 3 amide bonds. The third kappa shape index (κ3) is 10.3. The van der Waals surface area contributed by atoms with Crippen molar-refractivity contribution in [2.75, 3.05) is 26.3 Å². The lowest BCUT2D eigenvalue weighted by molar-refractivity contribution is -0.140. The van der Waals surface area contributed by atoms with Crippen molar-refractivity contribution in [3.8, 4) is 0 Å². The van der Waals surface area contributed by atoms with Crippen LogP contribution < -0.4 is 5.32 Å². The molecule has 4 rings (SSSR count). The second-order valence-electron chi connectivity index (χ2n) is 14.4. The summed E-state index contributed by atoms with van der Waals surface area (Å²) in [4.78, 5) is 45.1. The molecule has 2 aliphatic rings. The second-order valence-corrected chi connectivity index (χ2v) is 14.4. The Balaban J connectivity index is 1.65. The highest BCUT2D eigenvalue weighted by Gasteiger charge is 2.54. The lowest BCUT2D eigenvalue weighted by atomic mass is 9.75. The van der Waals surface area contributed by atoms with Gasteiger partial charge in [-0.2, -0.15) is 0 Å². The third-order valence-corrected chi connectivity index (χ3v) is 8.99. The summed E-state index contributed by atoms with van der Waals surface area (Å²) in [6.45, 7) is 15.0. The van der Waals surface area contributed by atoms with E-state index in [1.54, 1.807) is 25.7 Å². The number of morpholine rings is 1. The van der Waals surface area contributed by atoms with Gasteiger partial charge in [0.2, 0.25) is 11.8 Å². The predicted molar refractivity (Wildman–Crippen MR) is 181 cm³/mol. The third-order valence-electron chi connectivity index (χ3n) is 8.99. The van der Waals surface area contributed by atoms with E-state index >= 15 is 0 Å². The maximum atomic E-state index is 14.5. The van der Waals surface area contributed by atoms with E-state index < -0.39 is 47.9 Å².